The molecule has 0 spiro atoms. The first-order chi connectivity index (χ1) is 14.6. The fourth-order valence-corrected chi connectivity index (χ4v) is 6.93. The van der Waals surface area contributed by atoms with Gasteiger partial charge in [-0.15, -0.1) is 0 Å². The summed E-state index contributed by atoms with van der Waals surface area (Å²) in [6.07, 6.45) is 21.6. The molecule has 2 aliphatic rings. The lowest BCUT2D eigenvalue weighted by Crippen LogP contribution is -2.43. The summed E-state index contributed by atoms with van der Waals surface area (Å²) in [4.78, 5) is 11.3. The SMILES string of the molecule is CCCCCCCCC1(C2CC(C#N)CCC2C(CC)CCC(=O)O)CCCCC1. The van der Waals surface area contributed by atoms with Gasteiger partial charge in [-0.3, -0.25) is 4.79 Å². The number of nitrogens with zero attached hydrogens (tertiary/aromatic N) is 1. The van der Waals surface area contributed by atoms with Crippen LogP contribution in [0.15, 0.2) is 0 Å². The topological polar surface area (TPSA) is 61.1 Å². The Bertz CT molecular complexity index is 531. The van der Waals surface area contributed by atoms with E-state index in [-0.39, 0.29) is 5.92 Å². The first-order valence-electron chi connectivity index (χ1n) is 13.2. The van der Waals surface area contributed by atoms with E-state index in [2.05, 4.69) is 19.9 Å². The molecule has 1 N–H and O–H groups in total. The van der Waals surface area contributed by atoms with Gasteiger partial charge in [-0.2, -0.15) is 5.26 Å². The number of unbranched alkanes of at least 4 members (excludes halogenated alkanes) is 5. The Morgan fingerprint density at radius 2 is 1.77 bits per heavy atom. The molecule has 0 aromatic rings. The average molecular weight is 418 g/mol. The Kier molecular flexibility index (Phi) is 11.3. The lowest BCUT2D eigenvalue weighted by molar-refractivity contribution is -0.137. The molecule has 0 amide bonds. The fraction of sp³-hybridized carbons (Fsp3) is 0.926. The maximum Gasteiger partial charge on any atom is 0.303 e. The van der Waals surface area contributed by atoms with Crippen molar-refractivity contribution in [3.05, 3.63) is 0 Å². The van der Waals surface area contributed by atoms with Crippen LogP contribution in [0.3, 0.4) is 0 Å². The molecule has 0 aromatic heterocycles. The monoisotopic (exact) mass is 417 g/mol. The Hall–Kier alpha value is -1.04. The molecule has 0 aliphatic heterocycles. The van der Waals surface area contributed by atoms with E-state index in [1.54, 1.807) is 0 Å². The maximum atomic E-state index is 11.3. The van der Waals surface area contributed by atoms with Crippen LogP contribution < -0.4 is 0 Å². The molecular formula is C27H47NO2. The molecule has 0 radical (unpaired) electrons. The van der Waals surface area contributed by atoms with E-state index < -0.39 is 5.97 Å². The van der Waals surface area contributed by atoms with Crippen molar-refractivity contribution in [3.63, 3.8) is 0 Å². The molecular weight excluding hydrogens is 370 g/mol. The minimum atomic E-state index is -0.657. The van der Waals surface area contributed by atoms with E-state index in [0.717, 1.165) is 32.1 Å². The number of carbonyl (C=O) groups is 1. The summed E-state index contributed by atoms with van der Waals surface area (Å²) >= 11 is 0. The second-order valence-electron chi connectivity index (χ2n) is 10.5. The largest absolute Gasteiger partial charge is 0.481 e. The zero-order chi connectivity index (χ0) is 21.8. The number of nitriles is 1. The van der Waals surface area contributed by atoms with Gasteiger partial charge in [0.15, 0.2) is 0 Å². The number of carboxylic acid groups (broad SMARTS) is 1. The van der Waals surface area contributed by atoms with Crippen molar-refractivity contribution < 1.29 is 9.90 Å². The number of rotatable bonds is 13. The lowest BCUT2D eigenvalue weighted by Gasteiger charge is -2.52. The molecule has 4 unspecified atom stereocenters. The molecule has 30 heavy (non-hydrogen) atoms. The fourth-order valence-electron chi connectivity index (χ4n) is 6.93. The maximum absolute atomic E-state index is 11.3. The second-order valence-corrected chi connectivity index (χ2v) is 10.5. The molecule has 0 aromatic carbocycles. The van der Waals surface area contributed by atoms with Crippen LogP contribution in [-0.2, 0) is 4.79 Å². The zero-order valence-electron chi connectivity index (χ0n) is 19.8. The van der Waals surface area contributed by atoms with Crippen LogP contribution in [0.25, 0.3) is 0 Å². The summed E-state index contributed by atoms with van der Waals surface area (Å²) in [7, 11) is 0. The van der Waals surface area contributed by atoms with Gasteiger partial charge >= 0.3 is 5.97 Å². The van der Waals surface area contributed by atoms with Gasteiger partial charge in [0.1, 0.15) is 0 Å². The first kappa shape index (κ1) is 25.2. The summed E-state index contributed by atoms with van der Waals surface area (Å²) in [5.41, 5.74) is 0.417. The number of hydrogen-bond donors (Lipinski definition) is 1. The average Bonchev–Trinajstić information content (AvgIpc) is 2.77. The van der Waals surface area contributed by atoms with Crippen LogP contribution in [0, 0.1) is 40.4 Å². The minimum absolute atomic E-state index is 0.214. The molecule has 4 atom stereocenters. The van der Waals surface area contributed by atoms with E-state index in [1.165, 1.54) is 77.0 Å². The van der Waals surface area contributed by atoms with Gasteiger partial charge in [-0.25, -0.2) is 0 Å². The van der Waals surface area contributed by atoms with Crippen LogP contribution in [-0.4, -0.2) is 11.1 Å². The Balaban J connectivity index is 2.14. The van der Waals surface area contributed by atoms with E-state index >= 15 is 0 Å². The Morgan fingerprint density at radius 3 is 2.40 bits per heavy atom. The smallest absolute Gasteiger partial charge is 0.303 e. The molecule has 172 valence electrons. The predicted octanol–water partition coefficient (Wildman–Crippen LogP) is 8.13. The van der Waals surface area contributed by atoms with E-state index in [0.29, 0.717) is 29.6 Å². The van der Waals surface area contributed by atoms with Crippen LogP contribution >= 0.6 is 0 Å². The molecule has 2 fully saturated rings. The van der Waals surface area contributed by atoms with Crippen molar-refractivity contribution >= 4 is 5.97 Å². The van der Waals surface area contributed by atoms with Crippen LogP contribution in [0.4, 0.5) is 0 Å². The van der Waals surface area contributed by atoms with Crippen molar-refractivity contribution in [2.24, 2.45) is 29.1 Å². The third-order valence-corrected chi connectivity index (χ3v) is 8.61. The van der Waals surface area contributed by atoms with Crippen molar-refractivity contribution in [2.45, 2.75) is 129 Å². The molecule has 2 saturated carbocycles. The Morgan fingerprint density at radius 1 is 1.07 bits per heavy atom. The number of hydrogen-bond acceptors (Lipinski definition) is 2. The first-order valence-corrected chi connectivity index (χ1v) is 13.2. The molecule has 0 bridgehead atoms. The highest BCUT2D eigenvalue weighted by atomic mass is 16.4. The van der Waals surface area contributed by atoms with Crippen molar-refractivity contribution in [2.75, 3.05) is 0 Å². The summed E-state index contributed by atoms with van der Waals surface area (Å²) in [5.74, 6) is 1.32. The Labute approximate surface area is 186 Å². The zero-order valence-corrected chi connectivity index (χ0v) is 19.8. The number of aliphatic carboxylic acids is 1. The molecule has 2 rings (SSSR count). The van der Waals surface area contributed by atoms with Crippen LogP contribution in [0.2, 0.25) is 0 Å². The predicted molar refractivity (Wildman–Crippen MR) is 124 cm³/mol. The van der Waals surface area contributed by atoms with Gasteiger partial charge < -0.3 is 5.11 Å². The molecule has 3 nitrogen and oxygen atoms in total. The second kappa shape index (κ2) is 13.4. The van der Waals surface area contributed by atoms with Crippen molar-refractivity contribution in [1.29, 1.82) is 5.26 Å². The minimum Gasteiger partial charge on any atom is -0.481 e. The summed E-state index contributed by atoms with van der Waals surface area (Å²) in [6, 6.07) is 2.61. The third-order valence-electron chi connectivity index (χ3n) is 8.61. The normalized spacial score (nSPS) is 27.3. The molecule has 0 heterocycles. The van der Waals surface area contributed by atoms with E-state index in [9.17, 15) is 15.2 Å². The van der Waals surface area contributed by atoms with Crippen LogP contribution in [0.5, 0.6) is 0 Å². The quantitative estimate of drug-likeness (QED) is 0.308. The summed E-state index contributed by atoms with van der Waals surface area (Å²) < 4.78 is 0. The van der Waals surface area contributed by atoms with Gasteiger partial charge in [0.05, 0.1) is 6.07 Å². The highest BCUT2D eigenvalue weighted by Crippen LogP contribution is 2.56. The van der Waals surface area contributed by atoms with Crippen molar-refractivity contribution in [1.82, 2.24) is 0 Å². The van der Waals surface area contributed by atoms with Gasteiger partial charge in [0, 0.05) is 12.3 Å². The van der Waals surface area contributed by atoms with Gasteiger partial charge in [0.25, 0.3) is 0 Å². The van der Waals surface area contributed by atoms with Crippen molar-refractivity contribution in [3.8, 4) is 6.07 Å². The highest BCUT2D eigenvalue weighted by Gasteiger charge is 2.47. The van der Waals surface area contributed by atoms with Gasteiger partial charge in [-0.1, -0.05) is 78.1 Å². The van der Waals surface area contributed by atoms with Gasteiger partial charge in [-0.05, 0) is 68.1 Å². The van der Waals surface area contributed by atoms with Gasteiger partial charge in [0.2, 0.25) is 0 Å². The van der Waals surface area contributed by atoms with E-state index in [1.807, 2.05) is 0 Å². The molecule has 0 saturated heterocycles. The third kappa shape index (κ3) is 7.28. The standard InChI is InChI=1S/C27H47NO2/c1-3-5-6-7-8-10-17-27(18-11-9-12-19-27)25-20-22(21-28)13-15-24(25)23(4-2)14-16-26(29)30/h22-25H,3-20H2,1-2H3,(H,29,30). The summed E-state index contributed by atoms with van der Waals surface area (Å²) in [5, 5.41) is 19.0. The highest BCUT2D eigenvalue weighted by molar-refractivity contribution is 5.66. The number of carboxylic acids is 1. The summed E-state index contributed by atoms with van der Waals surface area (Å²) in [6.45, 7) is 4.53. The van der Waals surface area contributed by atoms with Crippen LogP contribution in [0.1, 0.15) is 129 Å². The van der Waals surface area contributed by atoms with E-state index in [4.69, 9.17) is 0 Å². The molecule has 3 heteroatoms. The lowest BCUT2D eigenvalue weighted by atomic mass is 9.53. The molecule has 2 aliphatic carbocycles.